The highest BCUT2D eigenvalue weighted by Crippen LogP contribution is 2.17. The zero-order valence-corrected chi connectivity index (χ0v) is 13.1. The lowest BCUT2D eigenvalue weighted by atomic mass is 10.1. The Kier molecular flexibility index (Phi) is 4.83. The van der Waals surface area contributed by atoms with Crippen LogP contribution in [0.25, 0.3) is 0 Å². The molecule has 1 fully saturated rings. The van der Waals surface area contributed by atoms with Crippen LogP contribution in [-0.2, 0) is 6.54 Å². The number of hydrogen-bond donors (Lipinski definition) is 1. The SMILES string of the molecule is Cc1ccc(CNc2nncc(N3CCCCCC3)n2)cc1. The molecule has 0 radical (unpaired) electrons. The van der Waals surface area contributed by atoms with Gasteiger partial charge in [0.15, 0.2) is 5.82 Å². The second-order valence-electron chi connectivity index (χ2n) is 5.88. The van der Waals surface area contributed by atoms with Crippen LogP contribution in [0.1, 0.15) is 36.8 Å². The molecule has 0 saturated carbocycles. The van der Waals surface area contributed by atoms with E-state index in [4.69, 9.17) is 0 Å². The van der Waals surface area contributed by atoms with Gasteiger partial charge >= 0.3 is 0 Å². The van der Waals surface area contributed by atoms with E-state index in [1.54, 1.807) is 6.20 Å². The van der Waals surface area contributed by atoms with Gasteiger partial charge in [0.05, 0.1) is 6.20 Å². The van der Waals surface area contributed by atoms with Gasteiger partial charge in [0.25, 0.3) is 0 Å². The van der Waals surface area contributed by atoms with Gasteiger partial charge < -0.3 is 10.2 Å². The Labute approximate surface area is 131 Å². The van der Waals surface area contributed by atoms with Crippen LogP contribution in [-0.4, -0.2) is 28.3 Å². The lowest BCUT2D eigenvalue weighted by molar-refractivity contribution is 0.726. The second-order valence-corrected chi connectivity index (χ2v) is 5.88. The molecule has 1 aliphatic rings. The molecule has 0 bridgehead atoms. The summed E-state index contributed by atoms with van der Waals surface area (Å²) in [5.74, 6) is 1.53. The molecule has 0 atom stereocenters. The summed E-state index contributed by atoms with van der Waals surface area (Å²) in [4.78, 5) is 6.93. The summed E-state index contributed by atoms with van der Waals surface area (Å²) >= 11 is 0. The van der Waals surface area contributed by atoms with E-state index in [1.807, 2.05) is 0 Å². The first-order valence-corrected chi connectivity index (χ1v) is 8.05. The maximum atomic E-state index is 4.61. The number of nitrogens with zero attached hydrogens (tertiary/aromatic N) is 4. The first-order valence-electron chi connectivity index (χ1n) is 8.05. The van der Waals surface area contributed by atoms with Crippen LogP contribution >= 0.6 is 0 Å². The minimum absolute atomic E-state index is 0.599. The highest BCUT2D eigenvalue weighted by atomic mass is 15.3. The van der Waals surface area contributed by atoms with E-state index in [-0.39, 0.29) is 0 Å². The molecule has 2 heterocycles. The lowest BCUT2D eigenvalue weighted by Gasteiger charge is -2.20. The number of aryl methyl sites for hydroxylation is 1. The molecule has 1 aromatic heterocycles. The van der Waals surface area contributed by atoms with Crippen molar-refractivity contribution in [2.75, 3.05) is 23.3 Å². The van der Waals surface area contributed by atoms with Crippen molar-refractivity contribution in [3.05, 3.63) is 41.6 Å². The largest absolute Gasteiger partial charge is 0.355 e. The fourth-order valence-electron chi connectivity index (χ4n) is 2.71. The van der Waals surface area contributed by atoms with Crippen molar-refractivity contribution in [1.82, 2.24) is 15.2 Å². The summed E-state index contributed by atoms with van der Waals surface area (Å²) in [5.41, 5.74) is 2.49. The molecule has 5 heteroatoms. The molecule has 116 valence electrons. The Hall–Kier alpha value is -2.17. The fraction of sp³-hybridized carbons (Fsp3) is 0.471. The Bertz CT molecular complexity index is 588. The Morgan fingerprint density at radius 3 is 2.50 bits per heavy atom. The summed E-state index contributed by atoms with van der Waals surface area (Å²) in [6.07, 6.45) is 6.86. The monoisotopic (exact) mass is 297 g/mol. The third-order valence-electron chi connectivity index (χ3n) is 4.05. The van der Waals surface area contributed by atoms with Crippen LogP contribution in [0.15, 0.2) is 30.5 Å². The Morgan fingerprint density at radius 2 is 1.77 bits per heavy atom. The van der Waals surface area contributed by atoms with E-state index in [0.29, 0.717) is 12.5 Å². The molecule has 22 heavy (non-hydrogen) atoms. The Morgan fingerprint density at radius 1 is 1.05 bits per heavy atom. The predicted molar refractivity (Wildman–Crippen MR) is 89.0 cm³/mol. The standard InChI is InChI=1S/C17H23N5/c1-14-6-8-15(9-7-14)12-18-17-20-16(13-19-21-17)22-10-4-2-3-5-11-22/h6-9,13H,2-5,10-12H2,1H3,(H,18,20,21). The molecule has 0 spiro atoms. The summed E-state index contributed by atoms with van der Waals surface area (Å²) in [6.45, 7) is 4.94. The third kappa shape index (κ3) is 3.93. The van der Waals surface area contributed by atoms with Crippen LogP contribution in [0.3, 0.4) is 0 Å². The van der Waals surface area contributed by atoms with Gasteiger partial charge in [-0.25, -0.2) is 0 Å². The number of nitrogens with one attached hydrogen (secondary N) is 1. The van der Waals surface area contributed by atoms with E-state index in [9.17, 15) is 0 Å². The molecular weight excluding hydrogens is 274 g/mol. The molecule has 2 aromatic rings. The van der Waals surface area contributed by atoms with Gasteiger partial charge in [-0.05, 0) is 25.3 Å². The first-order chi connectivity index (χ1) is 10.8. The van der Waals surface area contributed by atoms with E-state index in [0.717, 1.165) is 18.9 Å². The number of aromatic nitrogens is 3. The van der Waals surface area contributed by atoms with Crippen LogP contribution in [0, 0.1) is 6.92 Å². The predicted octanol–water partition coefficient (Wildman–Crippen LogP) is 3.17. The number of anilines is 2. The van der Waals surface area contributed by atoms with Crippen LogP contribution in [0.4, 0.5) is 11.8 Å². The van der Waals surface area contributed by atoms with Crippen LogP contribution in [0.5, 0.6) is 0 Å². The zero-order chi connectivity index (χ0) is 15.2. The van der Waals surface area contributed by atoms with Crippen LogP contribution < -0.4 is 10.2 Å². The number of benzene rings is 1. The average Bonchev–Trinajstić information content (AvgIpc) is 2.84. The summed E-state index contributed by atoms with van der Waals surface area (Å²) < 4.78 is 0. The van der Waals surface area contributed by atoms with Crippen LogP contribution in [0.2, 0.25) is 0 Å². The van der Waals surface area contributed by atoms with Gasteiger partial charge in [-0.1, -0.05) is 42.7 Å². The normalized spacial score (nSPS) is 15.4. The van der Waals surface area contributed by atoms with Crippen molar-refractivity contribution < 1.29 is 0 Å². The van der Waals surface area contributed by atoms with Crippen molar-refractivity contribution in [2.24, 2.45) is 0 Å². The smallest absolute Gasteiger partial charge is 0.244 e. The number of hydrogen-bond acceptors (Lipinski definition) is 5. The van der Waals surface area contributed by atoms with Crippen molar-refractivity contribution in [2.45, 2.75) is 39.2 Å². The van der Waals surface area contributed by atoms with Gasteiger partial charge in [-0.2, -0.15) is 10.1 Å². The fourth-order valence-corrected chi connectivity index (χ4v) is 2.71. The maximum Gasteiger partial charge on any atom is 0.244 e. The third-order valence-corrected chi connectivity index (χ3v) is 4.05. The van der Waals surface area contributed by atoms with Crippen molar-refractivity contribution in [3.8, 4) is 0 Å². The quantitative estimate of drug-likeness (QED) is 0.939. The highest BCUT2D eigenvalue weighted by Gasteiger charge is 2.12. The molecule has 0 aliphatic carbocycles. The Balaban J connectivity index is 1.64. The summed E-state index contributed by atoms with van der Waals surface area (Å²) in [5, 5.41) is 11.5. The van der Waals surface area contributed by atoms with E-state index in [1.165, 1.54) is 36.8 Å². The second kappa shape index (κ2) is 7.20. The lowest BCUT2D eigenvalue weighted by Crippen LogP contribution is -2.25. The molecule has 1 N–H and O–H groups in total. The van der Waals surface area contributed by atoms with E-state index < -0.39 is 0 Å². The van der Waals surface area contributed by atoms with Crippen molar-refractivity contribution in [3.63, 3.8) is 0 Å². The number of rotatable bonds is 4. The molecule has 3 rings (SSSR count). The molecule has 1 aromatic carbocycles. The van der Waals surface area contributed by atoms with Gasteiger partial charge in [-0.3, -0.25) is 0 Å². The van der Waals surface area contributed by atoms with Gasteiger partial charge in [-0.15, -0.1) is 5.10 Å². The molecule has 1 saturated heterocycles. The first kappa shape index (κ1) is 14.8. The van der Waals surface area contributed by atoms with Gasteiger partial charge in [0, 0.05) is 19.6 Å². The van der Waals surface area contributed by atoms with Gasteiger partial charge in [0.2, 0.25) is 5.95 Å². The van der Waals surface area contributed by atoms with E-state index in [2.05, 4.69) is 56.6 Å². The maximum absolute atomic E-state index is 4.61. The van der Waals surface area contributed by atoms with Gasteiger partial charge in [0.1, 0.15) is 0 Å². The summed E-state index contributed by atoms with van der Waals surface area (Å²) in [6, 6.07) is 8.47. The highest BCUT2D eigenvalue weighted by molar-refractivity contribution is 5.40. The minimum atomic E-state index is 0.599. The zero-order valence-electron chi connectivity index (χ0n) is 13.1. The molecule has 1 aliphatic heterocycles. The average molecular weight is 297 g/mol. The molecule has 0 amide bonds. The van der Waals surface area contributed by atoms with Crippen molar-refractivity contribution in [1.29, 1.82) is 0 Å². The molecule has 5 nitrogen and oxygen atoms in total. The van der Waals surface area contributed by atoms with E-state index >= 15 is 0 Å². The topological polar surface area (TPSA) is 53.9 Å². The minimum Gasteiger partial charge on any atom is -0.355 e. The molecule has 0 unspecified atom stereocenters. The van der Waals surface area contributed by atoms with Crippen molar-refractivity contribution >= 4 is 11.8 Å². The summed E-state index contributed by atoms with van der Waals surface area (Å²) in [7, 11) is 0. The molecular formula is C17H23N5.